The summed E-state index contributed by atoms with van der Waals surface area (Å²) in [4.78, 5) is 5.34. The molecule has 2 saturated heterocycles. The first-order valence-corrected chi connectivity index (χ1v) is 24.0. The number of nitrogens with two attached hydrogens (primary N) is 1. The molecule has 0 amide bonds. The van der Waals surface area contributed by atoms with Gasteiger partial charge in [0.1, 0.15) is 0 Å². The molecule has 8 nitrogen and oxygen atoms in total. The fourth-order valence-corrected chi connectivity index (χ4v) is 10.3. The highest BCUT2D eigenvalue weighted by atomic mass is 35.7. The fraction of sp³-hybridized carbons (Fsp3) is 0.707. The van der Waals surface area contributed by atoms with Gasteiger partial charge in [-0.3, -0.25) is 4.72 Å². The van der Waals surface area contributed by atoms with Crippen LogP contribution in [0.4, 0.5) is 11.4 Å². The second-order valence-corrected chi connectivity index (χ2v) is 20.4. The SMILES string of the molecule is C.CCCCCCN1CC2C(C1)C2(CC)c1cccc(N)c1.CCCCCCN1CC2C(C1)C2(CC)c1cccc(NS(C)(=O)=O)c1.CS(=O)(=O)Cl. The van der Waals surface area contributed by atoms with Crippen LogP contribution in [0.15, 0.2) is 48.5 Å². The zero-order valence-corrected chi connectivity index (χ0v) is 34.4. The third kappa shape index (κ3) is 11.3. The van der Waals surface area contributed by atoms with Gasteiger partial charge in [0.15, 0.2) is 0 Å². The smallest absolute Gasteiger partial charge is 0.229 e. The summed E-state index contributed by atoms with van der Waals surface area (Å²) in [6, 6.07) is 16.7. The number of sulfonamides is 1. The van der Waals surface area contributed by atoms with Crippen LogP contribution in [0.3, 0.4) is 0 Å². The number of nitrogens with zero attached hydrogens (tertiary/aromatic N) is 2. The molecule has 0 spiro atoms. The van der Waals surface area contributed by atoms with Crippen LogP contribution >= 0.6 is 10.7 Å². The maximum absolute atomic E-state index is 11.5. The second-order valence-electron chi connectivity index (χ2n) is 15.6. The van der Waals surface area contributed by atoms with Crippen LogP contribution in [0.2, 0.25) is 0 Å². The molecule has 296 valence electrons. The minimum absolute atomic E-state index is 0. The van der Waals surface area contributed by atoms with Gasteiger partial charge in [0.2, 0.25) is 19.1 Å². The van der Waals surface area contributed by atoms with Crippen molar-refractivity contribution in [2.45, 2.75) is 110 Å². The van der Waals surface area contributed by atoms with E-state index in [4.69, 9.17) is 5.73 Å². The number of anilines is 2. The van der Waals surface area contributed by atoms with Crippen LogP contribution in [0.1, 0.15) is 110 Å². The summed E-state index contributed by atoms with van der Waals surface area (Å²) in [5.41, 5.74) is 11.1. The number of likely N-dealkylation sites (tertiary alicyclic amines) is 2. The topological polar surface area (TPSA) is 113 Å². The zero-order valence-electron chi connectivity index (χ0n) is 32.0. The van der Waals surface area contributed by atoms with Crippen molar-refractivity contribution in [1.29, 1.82) is 0 Å². The molecule has 2 aromatic carbocycles. The lowest BCUT2D eigenvalue weighted by Gasteiger charge is -2.26. The highest BCUT2D eigenvalue weighted by Gasteiger charge is 2.68. The van der Waals surface area contributed by atoms with Crippen molar-refractivity contribution in [2.75, 3.05) is 62.2 Å². The Bertz CT molecular complexity index is 1600. The van der Waals surface area contributed by atoms with Crippen LogP contribution < -0.4 is 10.5 Å². The molecule has 2 aromatic rings. The molecule has 11 heteroatoms. The van der Waals surface area contributed by atoms with Crippen molar-refractivity contribution in [3.05, 3.63) is 59.7 Å². The summed E-state index contributed by atoms with van der Waals surface area (Å²) in [6.07, 6.45) is 15.3. The van der Waals surface area contributed by atoms with E-state index in [-0.39, 0.29) is 12.8 Å². The molecule has 0 bridgehead atoms. The van der Waals surface area contributed by atoms with Crippen molar-refractivity contribution in [3.63, 3.8) is 0 Å². The van der Waals surface area contributed by atoms with Crippen LogP contribution in [0.5, 0.6) is 0 Å². The number of nitrogens with one attached hydrogen (secondary N) is 1. The van der Waals surface area contributed by atoms with Crippen molar-refractivity contribution >= 4 is 41.1 Å². The Morgan fingerprint density at radius 1 is 0.692 bits per heavy atom. The van der Waals surface area contributed by atoms with Gasteiger partial charge in [-0.15, -0.1) is 0 Å². The Labute approximate surface area is 322 Å². The Kier molecular flexibility index (Phi) is 16.4. The first kappa shape index (κ1) is 44.5. The van der Waals surface area contributed by atoms with Gasteiger partial charge in [0.05, 0.1) is 12.5 Å². The highest BCUT2D eigenvalue weighted by Crippen LogP contribution is 2.66. The number of halogens is 1. The van der Waals surface area contributed by atoms with Crippen molar-refractivity contribution < 1.29 is 16.8 Å². The molecule has 4 unspecified atom stereocenters. The van der Waals surface area contributed by atoms with E-state index in [0.717, 1.165) is 42.0 Å². The predicted octanol–water partition coefficient (Wildman–Crippen LogP) is 8.73. The third-order valence-corrected chi connectivity index (χ3v) is 12.8. The van der Waals surface area contributed by atoms with Crippen molar-refractivity contribution in [2.24, 2.45) is 23.7 Å². The molecule has 52 heavy (non-hydrogen) atoms. The number of benzene rings is 2. The van der Waals surface area contributed by atoms with Gasteiger partial charge in [-0.1, -0.05) is 97.9 Å². The van der Waals surface area contributed by atoms with Gasteiger partial charge in [-0.2, -0.15) is 0 Å². The number of rotatable bonds is 16. The monoisotopic (exact) mass is 780 g/mol. The summed E-state index contributed by atoms with van der Waals surface area (Å²) in [5.74, 6) is 3.21. The second kappa shape index (κ2) is 19.1. The van der Waals surface area contributed by atoms with Gasteiger partial charge < -0.3 is 15.5 Å². The van der Waals surface area contributed by atoms with E-state index in [0.29, 0.717) is 11.1 Å². The van der Waals surface area contributed by atoms with Gasteiger partial charge in [0, 0.05) is 59.1 Å². The largest absolute Gasteiger partial charge is 0.399 e. The van der Waals surface area contributed by atoms with E-state index in [9.17, 15) is 16.8 Å². The van der Waals surface area contributed by atoms with Gasteiger partial charge >= 0.3 is 0 Å². The van der Waals surface area contributed by atoms with Gasteiger partial charge in [0.25, 0.3) is 0 Å². The fourth-order valence-electron chi connectivity index (χ4n) is 9.75. The molecule has 4 fully saturated rings. The number of hydrogen-bond donors (Lipinski definition) is 2. The Hall–Kier alpha value is -1.85. The molecule has 3 N–H and O–H groups in total. The first-order valence-electron chi connectivity index (χ1n) is 19.4. The lowest BCUT2D eigenvalue weighted by Crippen LogP contribution is -2.31. The molecule has 2 heterocycles. The molecule has 6 rings (SSSR count). The summed E-state index contributed by atoms with van der Waals surface area (Å²) in [6.45, 7) is 16.7. The zero-order chi connectivity index (χ0) is 37.5. The standard InChI is InChI=1S/C20H32N2O2S.C19H30N2.CH3ClO2S.CH4/c1-4-6-7-8-12-22-14-18-19(15-22)20(18,5-2)16-10-9-11-17(13-16)21-25(3,23)24;1-3-5-6-7-11-21-13-17-18(14-21)19(17,4-2)15-9-8-10-16(20)12-15;1-5(2,3)4;/h9-11,13,18-19,21H,4-8,12,14-15H2,1-3H3;8-10,12,17-18H,3-7,11,13-14,20H2,1-2H3;1H3;1H4. The lowest BCUT2D eigenvalue weighted by atomic mass is 9.87. The Morgan fingerprint density at radius 2 is 1.10 bits per heavy atom. The van der Waals surface area contributed by atoms with Crippen molar-refractivity contribution in [3.8, 4) is 0 Å². The number of piperidine rings is 2. The van der Waals surface area contributed by atoms with Crippen LogP contribution in [0, 0.1) is 23.7 Å². The average Bonchev–Trinajstić information content (AvgIpc) is 3.64. The molecule has 0 radical (unpaired) electrons. The summed E-state index contributed by atoms with van der Waals surface area (Å²) in [7, 11) is -1.92. The maximum Gasteiger partial charge on any atom is 0.229 e. The van der Waals surface area contributed by atoms with Gasteiger partial charge in [-0.25, -0.2) is 16.8 Å². The van der Waals surface area contributed by atoms with E-state index >= 15 is 0 Å². The molecule has 4 aliphatic rings. The van der Waals surface area contributed by atoms with E-state index in [2.05, 4.69) is 83.2 Å². The number of hydrogen-bond acceptors (Lipinski definition) is 7. The van der Waals surface area contributed by atoms with E-state index in [1.54, 1.807) is 0 Å². The molecule has 2 saturated carbocycles. The summed E-state index contributed by atoms with van der Waals surface area (Å²) >= 11 is 0. The summed E-state index contributed by atoms with van der Waals surface area (Å²) in [5, 5.41) is 0. The van der Waals surface area contributed by atoms with E-state index in [1.165, 1.54) is 114 Å². The van der Waals surface area contributed by atoms with Crippen molar-refractivity contribution in [1.82, 2.24) is 9.80 Å². The quantitative estimate of drug-likeness (QED) is 0.0996. The molecule has 4 atom stereocenters. The van der Waals surface area contributed by atoms with E-state index < -0.39 is 19.1 Å². The molecular weight excluding hydrogens is 712 g/mol. The maximum atomic E-state index is 11.5. The normalized spacial score (nSPS) is 27.6. The first-order chi connectivity index (χ1) is 24.1. The minimum Gasteiger partial charge on any atom is -0.399 e. The van der Waals surface area contributed by atoms with Gasteiger partial charge in [-0.05, 0) is 97.8 Å². The average molecular weight is 782 g/mol. The van der Waals surface area contributed by atoms with Crippen LogP contribution in [-0.4, -0.2) is 78.4 Å². The molecule has 2 aliphatic heterocycles. The molecule has 2 aliphatic carbocycles. The Balaban J connectivity index is 0.000000247. The Morgan fingerprint density at radius 3 is 1.46 bits per heavy atom. The minimum atomic E-state index is -3.23. The summed E-state index contributed by atoms with van der Waals surface area (Å²) < 4.78 is 44.4. The number of fused-ring (bicyclic) bond motifs is 2. The lowest BCUT2D eigenvalue weighted by molar-refractivity contribution is 0.263. The van der Waals surface area contributed by atoms with Crippen LogP contribution in [-0.2, 0) is 29.9 Å². The molecule has 0 aromatic heterocycles. The molecular formula is C41H69ClN4O4S2. The van der Waals surface area contributed by atoms with E-state index in [1.807, 2.05) is 18.2 Å². The number of nitrogen functional groups attached to an aromatic ring is 1. The number of unbranched alkanes of at least 4 members (excludes halogenated alkanes) is 6. The van der Waals surface area contributed by atoms with Crippen LogP contribution in [0.25, 0.3) is 0 Å². The predicted molar refractivity (Wildman–Crippen MR) is 222 cm³/mol. The highest BCUT2D eigenvalue weighted by molar-refractivity contribution is 8.13. The third-order valence-electron chi connectivity index (χ3n) is 12.2.